The zero-order chi connectivity index (χ0) is 13.8. The van der Waals surface area contributed by atoms with Gasteiger partial charge in [0.2, 0.25) is 10.0 Å². The number of benzene rings is 1. The fourth-order valence-electron chi connectivity index (χ4n) is 1.43. The van der Waals surface area contributed by atoms with Crippen LogP contribution in [0.2, 0.25) is 0 Å². The van der Waals surface area contributed by atoms with Crippen molar-refractivity contribution in [3.8, 4) is 6.07 Å². The number of hydrogen-bond donors (Lipinski definition) is 0. The Morgan fingerprint density at radius 3 is 2.28 bits per heavy atom. The molecular weight excluding hydrogens is 248 g/mol. The summed E-state index contributed by atoms with van der Waals surface area (Å²) in [7, 11) is -1.74. The maximum atomic E-state index is 12.1. The number of nitrogens with zero attached hydrogens (tertiary/aromatic N) is 2. The van der Waals surface area contributed by atoms with Gasteiger partial charge < -0.3 is 0 Å². The molecule has 18 heavy (non-hydrogen) atoms. The van der Waals surface area contributed by atoms with Crippen molar-refractivity contribution in [1.82, 2.24) is 0 Å². The van der Waals surface area contributed by atoms with Crippen molar-refractivity contribution in [3.63, 3.8) is 0 Å². The molecule has 1 aromatic rings. The molecule has 0 spiro atoms. The smallest absolute Gasteiger partial charge is 0.234 e. The second kappa shape index (κ2) is 5.87. The van der Waals surface area contributed by atoms with E-state index in [4.69, 9.17) is 5.26 Å². The molecule has 0 saturated heterocycles. The van der Waals surface area contributed by atoms with E-state index in [0.717, 1.165) is 0 Å². The average molecular weight is 266 g/mol. The van der Waals surface area contributed by atoms with Crippen molar-refractivity contribution in [3.05, 3.63) is 29.8 Å². The van der Waals surface area contributed by atoms with Gasteiger partial charge in [-0.2, -0.15) is 5.26 Å². The molecule has 0 heterocycles. The Morgan fingerprint density at radius 1 is 1.28 bits per heavy atom. The van der Waals surface area contributed by atoms with Crippen LogP contribution >= 0.6 is 0 Å². The van der Waals surface area contributed by atoms with Gasteiger partial charge in [-0.1, -0.05) is 13.8 Å². The Hall–Kier alpha value is -1.54. The van der Waals surface area contributed by atoms with Crippen molar-refractivity contribution >= 4 is 15.7 Å². The molecule has 0 amide bonds. The van der Waals surface area contributed by atoms with Gasteiger partial charge in [-0.3, -0.25) is 4.31 Å². The summed E-state index contributed by atoms with van der Waals surface area (Å²) in [5.41, 5.74) is 1.10. The van der Waals surface area contributed by atoms with Crippen molar-refractivity contribution in [2.45, 2.75) is 20.3 Å². The summed E-state index contributed by atoms with van der Waals surface area (Å²) in [6.45, 7) is 3.99. The Balaban J connectivity index is 2.85. The minimum Gasteiger partial charge on any atom is -0.273 e. The van der Waals surface area contributed by atoms with Crippen molar-refractivity contribution in [2.24, 2.45) is 5.92 Å². The minimum atomic E-state index is -3.28. The predicted octanol–water partition coefficient (Wildman–Crippen LogP) is 2.37. The molecule has 1 rings (SSSR count). The summed E-state index contributed by atoms with van der Waals surface area (Å²) in [6, 6.07) is 8.52. The van der Waals surface area contributed by atoms with Crippen LogP contribution in [0.5, 0.6) is 0 Å². The van der Waals surface area contributed by atoms with Gasteiger partial charge in [0.15, 0.2) is 0 Å². The van der Waals surface area contributed by atoms with E-state index in [-0.39, 0.29) is 5.75 Å². The van der Waals surface area contributed by atoms with Crippen LogP contribution in [0.25, 0.3) is 0 Å². The van der Waals surface area contributed by atoms with Crippen LogP contribution in [0, 0.1) is 17.2 Å². The van der Waals surface area contributed by atoms with Crippen LogP contribution in [0.4, 0.5) is 5.69 Å². The molecule has 0 saturated carbocycles. The van der Waals surface area contributed by atoms with Gasteiger partial charge >= 0.3 is 0 Å². The van der Waals surface area contributed by atoms with Gasteiger partial charge in [-0.05, 0) is 36.6 Å². The SMILES string of the molecule is CC(C)CCS(=O)(=O)N(C)c1ccc(C#N)cc1. The van der Waals surface area contributed by atoms with Gasteiger partial charge in [0.05, 0.1) is 23.1 Å². The van der Waals surface area contributed by atoms with Crippen molar-refractivity contribution in [2.75, 3.05) is 17.1 Å². The fraction of sp³-hybridized carbons (Fsp3) is 0.462. The van der Waals surface area contributed by atoms with E-state index in [1.165, 1.54) is 11.4 Å². The van der Waals surface area contributed by atoms with E-state index in [1.54, 1.807) is 24.3 Å². The highest BCUT2D eigenvalue weighted by Gasteiger charge is 2.18. The maximum Gasteiger partial charge on any atom is 0.234 e. The maximum absolute atomic E-state index is 12.1. The topological polar surface area (TPSA) is 61.2 Å². The average Bonchev–Trinajstić information content (AvgIpc) is 2.36. The third-order valence-corrected chi connectivity index (χ3v) is 4.53. The second-order valence-electron chi connectivity index (χ2n) is 4.62. The number of nitriles is 1. The summed E-state index contributed by atoms with van der Waals surface area (Å²) in [5, 5.41) is 8.69. The molecule has 0 radical (unpaired) electrons. The van der Waals surface area contributed by atoms with Crippen molar-refractivity contribution in [1.29, 1.82) is 5.26 Å². The molecule has 0 atom stereocenters. The van der Waals surface area contributed by atoms with Crippen LogP contribution in [-0.4, -0.2) is 21.2 Å². The highest BCUT2D eigenvalue weighted by atomic mass is 32.2. The molecule has 0 unspecified atom stereocenters. The van der Waals surface area contributed by atoms with E-state index in [0.29, 0.717) is 23.6 Å². The molecule has 0 aliphatic heterocycles. The Kier molecular flexibility index (Phi) is 4.74. The predicted molar refractivity (Wildman–Crippen MR) is 72.8 cm³/mol. The third kappa shape index (κ3) is 3.74. The van der Waals surface area contributed by atoms with Gasteiger partial charge in [0, 0.05) is 7.05 Å². The lowest BCUT2D eigenvalue weighted by molar-refractivity contribution is 0.572. The van der Waals surface area contributed by atoms with E-state index in [2.05, 4.69) is 0 Å². The highest BCUT2D eigenvalue weighted by molar-refractivity contribution is 7.92. The standard InChI is InChI=1S/C13H18N2O2S/c1-11(2)8-9-18(16,17)15(3)13-6-4-12(10-14)5-7-13/h4-7,11H,8-9H2,1-3H3. The largest absolute Gasteiger partial charge is 0.273 e. The van der Waals surface area contributed by atoms with Gasteiger partial charge in [-0.25, -0.2) is 8.42 Å². The number of hydrogen-bond acceptors (Lipinski definition) is 3. The summed E-state index contributed by atoms with van der Waals surface area (Å²) in [4.78, 5) is 0. The molecule has 0 aliphatic rings. The Bertz CT molecular complexity index is 527. The fourth-order valence-corrected chi connectivity index (χ4v) is 2.91. The molecule has 98 valence electrons. The Morgan fingerprint density at radius 2 is 1.83 bits per heavy atom. The van der Waals surface area contributed by atoms with Crippen LogP contribution in [0.3, 0.4) is 0 Å². The molecule has 0 bridgehead atoms. The summed E-state index contributed by atoms with van der Waals surface area (Å²) in [5.74, 6) is 0.496. The second-order valence-corrected chi connectivity index (χ2v) is 6.74. The van der Waals surface area contributed by atoms with Crippen LogP contribution in [-0.2, 0) is 10.0 Å². The van der Waals surface area contributed by atoms with Gasteiger partial charge in [0.25, 0.3) is 0 Å². The lowest BCUT2D eigenvalue weighted by atomic mass is 10.2. The van der Waals surface area contributed by atoms with E-state index >= 15 is 0 Å². The third-order valence-electron chi connectivity index (χ3n) is 2.73. The molecule has 0 fully saturated rings. The van der Waals surface area contributed by atoms with E-state index in [9.17, 15) is 8.42 Å². The van der Waals surface area contributed by atoms with Crippen LogP contribution in [0.15, 0.2) is 24.3 Å². The number of anilines is 1. The molecule has 0 aromatic heterocycles. The monoisotopic (exact) mass is 266 g/mol. The molecule has 4 nitrogen and oxygen atoms in total. The van der Waals surface area contributed by atoms with Gasteiger partial charge in [-0.15, -0.1) is 0 Å². The first-order chi connectivity index (χ1) is 8.36. The normalized spacial score (nSPS) is 11.3. The van der Waals surface area contributed by atoms with Crippen LogP contribution < -0.4 is 4.31 Å². The molecule has 0 aliphatic carbocycles. The lowest BCUT2D eigenvalue weighted by Crippen LogP contribution is -2.29. The highest BCUT2D eigenvalue weighted by Crippen LogP contribution is 2.18. The first kappa shape index (κ1) is 14.5. The van der Waals surface area contributed by atoms with E-state index < -0.39 is 10.0 Å². The first-order valence-electron chi connectivity index (χ1n) is 5.83. The quantitative estimate of drug-likeness (QED) is 0.822. The number of rotatable bonds is 5. The van der Waals surface area contributed by atoms with E-state index in [1.807, 2.05) is 19.9 Å². The summed E-state index contributed by atoms with van der Waals surface area (Å²) < 4.78 is 25.4. The molecule has 1 aromatic carbocycles. The number of sulfonamides is 1. The Labute approximate surface area is 109 Å². The minimum absolute atomic E-state index is 0.140. The van der Waals surface area contributed by atoms with Gasteiger partial charge in [0.1, 0.15) is 0 Å². The lowest BCUT2D eigenvalue weighted by Gasteiger charge is -2.20. The zero-order valence-electron chi connectivity index (χ0n) is 10.9. The molecule has 0 N–H and O–H groups in total. The van der Waals surface area contributed by atoms with Crippen LogP contribution in [0.1, 0.15) is 25.8 Å². The summed E-state index contributed by atoms with van der Waals surface area (Å²) in [6.07, 6.45) is 0.642. The summed E-state index contributed by atoms with van der Waals surface area (Å²) >= 11 is 0. The zero-order valence-corrected chi connectivity index (χ0v) is 11.7. The van der Waals surface area contributed by atoms with Crippen molar-refractivity contribution < 1.29 is 8.42 Å². The first-order valence-corrected chi connectivity index (χ1v) is 7.44. The molecular formula is C13H18N2O2S. The molecule has 5 heteroatoms.